The summed E-state index contributed by atoms with van der Waals surface area (Å²) in [6, 6.07) is 3.97. The molecular formula is C11H16ClN3S. The van der Waals surface area contributed by atoms with Crippen LogP contribution in [-0.2, 0) is 6.42 Å². The Hall–Kier alpha value is -1.000. The summed E-state index contributed by atoms with van der Waals surface area (Å²) in [4.78, 5) is 5.36. The third kappa shape index (κ3) is 4.68. The number of nitrogens with one attached hydrogen (secondary N) is 2. The first-order chi connectivity index (χ1) is 7.76. The van der Waals surface area contributed by atoms with E-state index in [-0.39, 0.29) is 0 Å². The second-order valence-electron chi connectivity index (χ2n) is 3.12. The number of nitrogens with zero attached hydrogens (tertiary/aromatic N) is 1. The Morgan fingerprint density at radius 3 is 2.94 bits per heavy atom. The lowest BCUT2D eigenvalue weighted by Crippen LogP contribution is -2.38. The maximum absolute atomic E-state index is 5.85. The first-order valence-corrected chi connectivity index (χ1v) is 6.25. The van der Waals surface area contributed by atoms with Crippen molar-refractivity contribution in [2.45, 2.75) is 6.42 Å². The summed E-state index contributed by atoms with van der Waals surface area (Å²) in [5, 5.41) is 6.33. The highest BCUT2D eigenvalue weighted by Crippen LogP contribution is 2.21. The normalized spacial score (nSPS) is 11.2. The molecule has 5 heteroatoms. The summed E-state index contributed by atoms with van der Waals surface area (Å²) in [6.45, 7) is 5.19. The number of aliphatic imine (C=N–C) groups is 1. The minimum absolute atomic E-state index is 0.713. The third-order valence-electron chi connectivity index (χ3n) is 1.93. The van der Waals surface area contributed by atoms with Crippen LogP contribution in [-0.4, -0.2) is 26.1 Å². The molecule has 0 bridgehead atoms. The highest BCUT2D eigenvalue weighted by atomic mass is 35.5. The van der Waals surface area contributed by atoms with E-state index in [2.05, 4.69) is 28.3 Å². The molecule has 3 nitrogen and oxygen atoms in total. The Balaban J connectivity index is 2.26. The summed E-state index contributed by atoms with van der Waals surface area (Å²) in [7, 11) is 1.75. The van der Waals surface area contributed by atoms with Gasteiger partial charge in [-0.15, -0.1) is 17.9 Å². The lowest BCUT2D eigenvalue weighted by atomic mass is 10.3. The molecule has 0 atom stereocenters. The summed E-state index contributed by atoms with van der Waals surface area (Å²) < 4.78 is 0.837. The van der Waals surface area contributed by atoms with Gasteiger partial charge in [-0.2, -0.15) is 0 Å². The van der Waals surface area contributed by atoms with E-state index in [0.29, 0.717) is 6.54 Å². The molecule has 0 aliphatic carbocycles. The second kappa shape index (κ2) is 7.30. The molecule has 1 aromatic rings. The Kier molecular flexibility index (Phi) is 5.96. The highest BCUT2D eigenvalue weighted by Gasteiger charge is 1.99. The van der Waals surface area contributed by atoms with Gasteiger partial charge in [0.15, 0.2) is 5.96 Å². The average molecular weight is 258 g/mol. The molecule has 1 heterocycles. The molecule has 0 radical (unpaired) electrons. The molecule has 1 aromatic heterocycles. The van der Waals surface area contributed by atoms with Crippen LogP contribution in [0.5, 0.6) is 0 Å². The summed E-state index contributed by atoms with van der Waals surface area (Å²) >= 11 is 7.46. The van der Waals surface area contributed by atoms with Crippen LogP contribution in [0.4, 0.5) is 0 Å². The van der Waals surface area contributed by atoms with E-state index in [0.717, 1.165) is 23.3 Å². The molecule has 0 amide bonds. The highest BCUT2D eigenvalue weighted by molar-refractivity contribution is 7.16. The molecule has 0 aliphatic rings. The molecule has 2 N–H and O–H groups in total. The third-order valence-corrected chi connectivity index (χ3v) is 3.22. The van der Waals surface area contributed by atoms with Gasteiger partial charge in [-0.25, -0.2) is 0 Å². The van der Waals surface area contributed by atoms with Crippen molar-refractivity contribution in [3.8, 4) is 0 Å². The monoisotopic (exact) mass is 257 g/mol. The molecule has 1 rings (SSSR count). The zero-order valence-corrected chi connectivity index (χ0v) is 10.9. The van der Waals surface area contributed by atoms with Gasteiger partial charge in [-0.3, -0.25) is 4.99 Å². The van der Waals surface area contributed by atoms with Gasteiger partial charge in [-0.1, -0.05) is 17.7 Å². The van der Waals surface area contributed by atoms with Crippen LogP contribution in [0, 0.1) is 0 Å². The predicted octanol–water partition coefficient (Wildman–Crippen LogP) is 2.29. The van der Waals surface area contributed by atoms with Crippen molar-refractivity contribution >= 4 is 28.9 Å². The van der Waals surface area contributed by atoms with Gasteiger partial charge >= 0.3 is 0 Å². The number of hydrogen-bond acceptors (Lipinski definition) is 2. The molecule has 0 aromatic carbocycles. The average Bonchev–Trinajstić information content (AvgIpc) is 2.69. The van der Waals surface area contributed by atoms with Crippen LogP contribution in [0.3, 0.4) is 0 Å². The summed E-state index contributed by atoms with van der Waals surface area (Å²) in [5.41, 5.74) is 0. The molecule has 88 valence electrons. The van der Waals surface area contributed by atoms with Crippen LogP contribution >= 0.6 is 22.9 Å². The van der Waals surface area contributed by atoms with E-state index in [1.165, 1.54) is 4.88 Å². The fraction of sp³-hybridized carbons (Fsp3) is 0.364. The van der Waals surface area contributed by atoms with E-state index in [1.54, 1.807) is 24.5 Å². The second-order valence-corrected chi connectivity index (χ2v) is 4.92. The minimum Gasteiger partial charge on any atom is -0.356 e. The quantitative estimate of drug-likeness (QED) is 0.482. The van der Waals surface area contributed by atoms with Crippen molar-refractivity contribution in [1.29, 1.82) is 0 Å². The smallest absolute Gasteiger partial charge is 0.191 e. The molecule has 0 saturated heterocycles. The summed E-state index contributed by atoms with van der Waals surface area (Å²) in [5.74, 6) is 0.794. The molecule has 16 heavy (non-hydrogen) atoms. The van der Waals surface area contributed by atoms with Crippen LogP contribution in [0.25, 0.3) is 0 Å². The Morgan fingerprint density at radius 1 is 1.56 bits per heavy atom. The molecule has 0 spiro atoms. The van der Waals surface area contributed by atoms with Crippen LogP contribution < -0.4 is 10.6 Å². The molecular weight excluding hydrogens is 242 g/mol. The van der Waals surface area contributed by atoms with Crippen molar-refractivity contribution in [2.75, 3.05) is 20.1 Å². The van der Waals surface area contributed by atoms with Gasteiger partial charge in [0, 0.05) is 25.0 Å². The number of thiophene rings is 1. The first kappa shape index (κ1) is 13.1. The van der Waals surface area contributed by atoms with Crippen LogP contribution in [0.15, 0.2) is 29.8 Å². The molecule has 0 saturated carbocycles. The molecule has 0 unspecified atom stereocenters. The van der Waals surface area contributed by atoms with Gasteiger partial charge in [0.05, 0.1) is 4.34 Å². The lowest BCUT2D eigenvalue weighted by Gasteiger charge is -2.09. The lowest BCUT2D eigenvalue weighted by molar-refractivity contribution is 0.829. The fourth-order valence-corrected chi connectivity index (χ4v) is 2.27. The van der Waals surface area contributed by atoms with Crippen LogP contribution in [0.2, 0.25) is 4.34 Å². The van der Waals surface area contributed by atoms with Gasteiger partial charge in [0.2, 0.25) is 0 Å². The largest absolute Gasteiger partial charge is 0.356 e. The van der Waals surface area contributed by atoms with E-state index >= 15 is 0 Å². The van der Waals surface area contributed by atoms with Crippen molar-refractivity contribution < 1.29 is 0 Å². The van der Waals surface area contributed by atoms with Crippen molar-refractivity contribution in [3.63, 3.8) is 0 Å². The summed E-state index contributed by atoms with van der Waals surface area (Å²) in [6.07, 6.45) is 2.75. The maximum atomic E-state index is 5.85. The van der Waals surface area contributed by atoms with Crippen molar-refractivity contribution in [2.24, 2.45) is 4.99 Å². The van der Waals surface area contributed by atoms with Gasteiger partial charge in [0.1, 0.15) is 0 Å². The Morgan fingerprint density at radius 2 is 2.38 bits per heavy atom. The van der Waals surface area contributed by atoms with Crippen molar-refractivity contribution in [3.05, 3.63) is 34.0 Å². The van der Waals surface area contributed by atoms with Crippen LogP contribution in [0.1, 0.15) is 4.88 Å². The zero-order chi connectivity index (χ0) is 11.8. The standard InChI is InChI=1S/C11H16ClN3S/c1-3-7-14-11(13-2)15-8-6-9-4-5-10(12)16-9/h3-5H,1,6-8H2,2H3,(H2,13,14,15). The number of hydrogen-bond donors (Lipinski definition) is 2. The number of guanidine groups is 1. The van der Waals surface area contributed by atoms with Gasteiger partial charge in [-0.05, 0) is 18.6 Å². The van der Waals surface area contributed by atoms with E-state index in [4.69, 9.17) is 11.6 Å². The molecule has 0 fully saturated rings. The Labute approximate surface area is 105 Å². The first-order valence-electron chi connectivity index (χ1n) is 5.06. The zero-order valence-electron chi connectivity index (χ0n) is 9.29. The number of halogens is 1. The van der Waals surface area contributed by atoms with Gasteiger partial charge in [0.25, 0.3) is 0 Å². The van der Waals surface area contributed by atoms with Crippen molar-refractivity contribution in [1.82, 2.24) is 10.6 Å². The number of rotatable bonds is 5. The minimum atomic E-state index is 0.713. The predicted molar refractivity (Wildman–Crippen MR) is 72.6 cm³/mol. The molecule has 0 aliphatic heterocycles. The van der Waals surface area contributed by atoms with E-state index in [9.17, 15) is 0 Å². The van der Waals surface area contributed by atoms with E-state index in [1.807, 2.05) is 6.07 Å². The van der Waals surface area contributed by atoms with Gasteiger partial charge < -0.3 is 10.6 Å². The fourth-order valence-electron chi connectivity index (χ4n) is 1.18. The maximum Gasteiger partial charge on any atom is 0.191 e. The SMILES string of the molecule is C=CCNC(=NC)NCCc1ccc(Cl)s1. The van der Waals surface area contributed by atoms with E-state index < -0.39 is 0 Å². The topological polar surface area (TPSA) is 36.4 Å². The Bertz CT molecular complexity index is 360.